The number of benzene rings is 2. The van der Waals surface area contributed by atoms with Crippen molar-refractivity contribution in [2.45, 2.75) is 162 Å². The molecule has 18 nitrogen and oxygen atoms in total. The largest absolute Gasteiger partial charge is 0.482 e. The molecular formula is C57H100Br5N5O13. The van der Waals surface area contributed by atoms with Crippen LogP contribution in [0.2, 0.25) is 0 Å². The van der Waals surface area contributed by atoms with Gasteiger partial charge in [0.15, 0.2) is 6.54 Å². The highest BCUT2D eigenvalue weighted by Gasteiger charge is 2.37. The van der Waals surface area contributed by atoms with E-state index < -0.39 is 5.97 Å². The molecule has 2 N–H and O–H groups in total. The maximum atomic E-state index is 10.8. The van der Waals surface area contributed by atoms with Crippen LogP contribution >= 0.6 is 79.6 Å². The second kappa shape index (κ2) is 59.8. The molecule has 0 aliphatic carbocycles. The molecule has 0 radical (unpaired) electrons. The van der Waals surface area contributed by atoms with Crippen molar-refractivity contribution in [2.75, 3.05) is 73.8 Å². The van der Waals surface area contributed by atoms with E-state index >= 15 is 0 Å². The standard InChI is InChI=1S/C22H21N5O3.C8H15BrO2.C7H13BrO2.C6H11BrO2.C4H7BrO2.C3H5BrO2.7CH4/c28-20(29)14-27-25-21(24-26-27)16-7-5-15(6-8-16)18-13-22(9-11-23-12-10-22)30-19-4-2-1-3-17(18)19;1-2-11-8(10)6-4-3-5-7-9;1-2-10-7(9)5-3-4-6-8;1-2-9-6(8)4-3-5-7;1-7-4(6)2-3-5;1-6-3(5)2-4;;;;;;;/h1-8,13,23H,9-12,14H2,(H,28,29);2-7H2,1H3;2-6H2,1H3;2-5H2,1H3;2-3H2,1H3;2H2,1H3;7*1H4. The fraction of sp³-hybridized carbons (Fsp3) is 0.632. The number of carboxylic acids is 1. The van der Waals surface area contributed by atoms with Crippen LogP contribution in [-0.4, -0.2) is 141 Å². The molecule has 3 aromatic rings. The van der Waals surface area contributed by atoms with Crippen LogP contribution in [0.1, 0.15) is 161 Å². The van der Waals surface area contributed by atoms with Crippen molar-refractivity contribution in [3.8, 4) is 17.1 Å². The Morgan fingerprint density at radius 3 is 1.49 bits per heavy atom. The number of esters is 5. The lowest BCUT2D eigenvalue weighted by Gasteiger charge is -2.40. The first-order valence-corrected chi connectivity index (χ1v) is 29.5. The number of piperidine rings is 1. The van der Waals surface area contributed by atoms with Gasteiger partial charge >= 0.3 is 35.8 Å². The summed E-state index contributed by atoms with van der Waals surface area (Å²) in [5.41, 5.74) is 3.83. The third kappa shape index (κ3) is 43.9. The predicted molar refractivity (Wildman–Crippen MR) is 346 cm³/mol. The number of para-hydroxylation sites is 1. The number of tetrazole rings is 1. The van der Waals surface area contributed by atoms with E-state index in [1.807, 2.05) is 63.2 Å². The van der Waals surface area contributed by atoms with Crippen LogP contribution in [0.4, 0.5) is 0 Å². The molecule has 3 heterocycles. The van der Waals surface area contributed by atoms with Gasteiger partial charge in [-0.1, -0.05) is 181 Å². The first kappa shape index (κ1) is 92.7. The average molecular weight is 1460 g/mol. The fourth-order valence-corrected chi connectivity index (χ4v) is 7.72. The number of nitrogens with one attached hydrogen (secondary N) is 1. The molecule has 2 aliphatic rings. The zero-order chi connectivity index (χ0) is 54.7. The van der Waals surface area contributed by atoms with Crippen molar-refractivity contribution in [2.24, 2.45) is 0 Å². The van der Waals surface area contributed by atoms with Crippen molar-refractivity contribution < 1.29 is 62.3 Å². The maximum Gasteiger partial charge on any atom is 0.327 e. The van der Waals surface area contributed by atoms with Gasteiger partial charge in [0, 0.05) is 64.6 Å². The van der Waals surface area contributed by atoms with Gasteiger partial charge in [-0.2, -0.15) is 4.80 Å². The molecule has 1 aromatic heterocycles. The number of hydrogen-bond donors (Lipinski definition) is 2. The number of unbranched alkanes of at least 4 members (excludes halogenated alkanes) is 3. The number of methoxy groups -OCH3 is 2. The van der Waals surface area contributed by atoms with Crippen LogP contribution in [-0.2, 0) is 59.0 Å². The van der Waals surface area contributed by atoms with Crippen molar-refractivity contribution in [1.29, 1.82) is 0 Å². The quantitative estimate of drug-likeness (QED) is 0.0412. The Morgan fingerprint density at radius 2 is 1.06 bits per heavy atom. The second-order valence-electron chi connectivity index (χ2n) is 15.2. The van der Waals surface area contributed by atoms with Gasteiger partial charge < -0.3 is 38.8 Å². The number of carboxylic acid groups (broad SMARTS) is 1. The van der Waals surface area contributed by atoms with Crippen molar-refractivity contribution in [3.63, 3.8) is 0 Å². The molecule has 1 saturated heterocycles. The van der Waals surface area contributed by atoms with Crippen LogP contribution in [0.5, 0.6) is 5.75 Å². The van der Waals surface area contributed by atoms with Crippen LogP contribution in [0.25, 0.3) is 17.0 Å². The summed E-state index contributed by atoms with van der Waals surface area (Å²) in [4.78, 5) is 64.0. The van der Waals surface area contributed by atoms with Crippen molar-refractivity contribution >= 4 is 121 Å². The lowest BCUT2D eigenvalue weighted by atomic mass is 9.83. The minimum Gasteiger partial charge on any atom is -0.482 e. The van der Waals surface area contributed by atoms with Gasteiger partial charge in [0.05, 0.1) is 40.5 Å². The van der Waals surface area contributed by atoms with Gasteiger partial charge in [0.25, 0.3) is 0 Å². The molecule has 1 spiro atoms. The zero-order valence-electron chi connectivity index (χ0n) is 42.5. The highest BCUT2D eigenvalue weighted by atomic mass is 79.9. The number of ether oxygens (including phenoxy) is 6. The van der Waals surface area contributed by atoms with E-state index in [9.17, 15) is 28.8 Å². The number of fused-ring (bicyclic) bond motifs is 1. The highest BCUT2D eigenvalue weighted by molar-refractivity contribution is 9.10. The molecule has 2 aromatic carbocycles. The first-order valence-electron chi connectivity index (χ1n) is 23.9. The Hall–Kier alpha value is -3.77. The lowest BCUT2D eigenvalue weighted by Crippen LogP contribution is -2.46. The van der Waals surface area contributed by atoms with E-state index in [4.69, 9.17) is 19.3 Å². The van der Waals surface area contributed by atoms with Gasteiger partial charge in [0.2, 0.25) is 5.82 Å². The van der Waals surface area contributed by atoms with E-state index in [0.717, 1.165) is 113 Å². The molecule has 0 bridgehead atoms. The van der Waals surface area contributed by atoms with E-state index in [1.165, 1.54) is 14.2 Å². The number of halogens is 5. The van der Waals surface area contributed by atoms with Crippen LogP contribution in [0, 0.1) is 0 Å². The molecule has 23 heteroatoms. The normalized spacial score (nSPS) is 11.2. The number of hydrogen-bond acceptors (Lipinski definition) is 16. The predicted octanol–water partition coefficient (Wildman–Crippen LogP) is 14.7. The first-order chi connectivity index (χ1) is 35.2. The van der Waals surface area contributed by atoms with Gasteiger partial charge in [-0.05, 0) is 94.5 Å². The zero-order valence-corrected chi connectivity index (χ0v) is 50.4. The summed E-state index contributed by atoms with van der Waals surface area (Å²) in [5.74, 6) is -0.348. The monoisotopic (exact) mass is 1460 g/mol. The molecule has 1 fully saturated rings. The van der Waals surface area contributed by atoms with E-state index in [1.54, 1.807) is 0 Å². The molecule has 0 atom stereocenters. The molecule has 0 saturated carbocycles. The number of rotatable bonds is 22. The van der Waals surface area contributed by atoms with Crippen molar-refractivity contribution in [3.05, 3.63) is 65.7 Å². The van der Waals surface area contributed by atoms with Gasteiger partial charge in [-0.25, -0.2) is 0 Å². The minimum absolute atomic E-state index is 0. The number of aromatic nitrogens is 4. The second-order valence-corrected chi connectivity index (χ2v) is 18.9. The summed E-state index contributed by atoms with van der Waals surface area (Å²) in [5, 5.41) is 28.0. The molecule has 2 aliphatic heterocycles. The van der Waals surface area contributed by atoms with Crippen LogP contribution in [0.3, 0.4) is 0 Å². The summed E-state index contributed by atoms with van der Waals surface area (Å²) >= 11 is 15.8. The number of nitrogens with zero attached hydrogens (tertiary/aromatic N) is 4. The highest BCUT2D eigenvalue weighted by Crippen LogP contribution is 2.42. The Bertz CT molecular complexity index is 2040. The van der Waals surface area contributed by atoms with Gasteiger partial charge in [-0.3, -0.25) is 28.8 Å². The molecular weight excluding hydrogens is 1360 g/mol. The number of carbonyl (C=O) groups is 6. The fourth-order valence-electron chi connectivity index (χ4n) is 6.10. The van der Waals surface area contributed by atoms with Gasteiger partial charge in [0.1, 0.15) is 16.7 Å². The average Bonchev–Trinajstić information content (AvgIpc) is 3.86. The number of carbonyl (C=O) groups excluding carboxylic acids is 5. The summed E-state index contributed by atoms with van der Waals surface area (Å²) in [7, 11) is 2.73. The van der Waals surface area contributed by atoms with E-state index in [2.05, 4.69) is 127 Å². The molecule has 466 valence electrons. The van der Waals surface area contributed by atoms with E-state index in [0.29, 0.717) is 56.7 Å². The third-order valence-corrected chi connectivity index (χ3v) is 12.1. The molecule has 80 heavy (non-hydrogen) atoms. The van der Waals surface area contributed by atoms with Crippen molar-refractivity contribution in [1.82, 2.24) is 25.5 Å². The Kier molecular flexibility index (Phi) is 69.3. The smallest absolute Gasteiger partial charge is 0.327 e. The Balaban J connectivity index is -0.000000146. The lowest BCUT2D eigenvalue weighted by molar-refractivity contribution is -0.144. The Labute approximate surface area is 523 Å². The molecule has 5 rings (SSSR count). The summed E-state index contributed by atoms with van der Waals surface area (Å²) in [6, 6.07) is 16.1. The third-order valence-electron chi connectivity index (χ3n) is 9.60. The maximum absolute atomic E-state index is 10.8. The topological polar surface area (TPSA) is 234 Å². The summed E-state index contributed by atoms with van der Waals surface area (Å²) in [6.07, 6.45) is 12.2. The minimum atomic E-state index is -1.01. The molecule has 0 amide bonds. The number of aliphatic carboxylic acids is 1. The Morgan fingerprint density at radius 1 is 0.600 bits per heavy atom. The van der Waals surface area contributed by atoms with Crippen LogP contribution < -0.4 is 10.1 Å². The molecule has 0 unspecified atom stereocenters. The van der Waals surface area contributed by atoms with Gasteiger partial charge in [-0.15, -0.1) is 10.2 Å². The summed E-state index contributed by atoms with van der Waals surface area (Å²) < 4.78 is 29.2. The van der Waals surface area contributed by atoms with Crippen LogP contribution in [0.15, 0.2) is 54.6 Å². The SMILES string of the molecule is C.C.C.C.C.C.C.CCOC(=O)CCCBr.CCOC(=O)CCCCBr.CCOC(=O)CCCCCBr.COC(=O)CBr.COC(=O)CCBr.O=C(O)Cn1nnc(-c2ccc(C3=CC4(CCNCC4)Oc4ccccc43)cc2)n1. The number of alkyl halides is 5. The van der Waals surface area contributed by atoms with E-state index in [-0.39, 0.29) is 99.3 Å². The summed E-state index contributed by atoms with van der Waals surface area (Å²) in [6.45, 7) is 8.49.